The van der Waals surface area contributed by atoms with E-state index in [1.165, 1.54) is 12.2 Å². The van der Waals surface area contributed by atoms with Gasteiger partial charge in [-0.3, -0.25) is 9.18 Å². The molecular weight excluding hydrogens is 425 g/mol. The summed E-state index contributed by atoms with van der Waals surface area (Å²) < 4.78 is 40.6. The summed E-state index contributed by atoms with van der Waals surface area (Å²) in [5, 5.41) is 21.3. The first-order valence-electron chi connectivity index (χ1n) is 9.80. The molecule has 0 radical (unpaired) electrons. The SMILES string of the molecule is C=C/C=C(\C=C)C(=O)NC(/C=C(/B(O)O)C(C)C)=C/C.C=CC.CC.CC(F)(F)F.CF. The number of alkyl halides is 4. The third-order valence-electron chi connectivity index (χ3n) is 2.64. The molecule has 0 rings (SSSR count). The zero-order valence-corrected chi connectivity index (χ0v) is 20.6. The fourth-order valence-electron chi connectivity index (χ4n) is 1.48. The number of carbonyl (C=O) groups is 1. The Hall–Kier alpha value is -2.39. The number of hydrogen-bond acceptors (Lipinski definition) is 3. The van der Waals surface area contributed by atoms with Gasteiger partial charge in [0.25, 0.3) is 5.91 Å². The molecule has 3 N–H and O–H groups in total. The maximum atomic E-state index is 12.0. The molecule has 0 spiro atoms. The van der Waals surface area contributed by atoms with Gasteiger partial charge < -0.3 is 15.4 Å². The standard InChI is InChI=1S/C15H22BNO3.C3H6.C2H3F3.C2H6.CH3F/c1-6-9-12(7-2)15(18)17-13(8-3)10-14(11(4)5)16(19)20;1-3-2;1-2(3,4)5;2*1-2/h6-11,19-20H,1-2H2,3-5H3,(H,17,18);3H,1H2,2H3;1H3;1-2H3;1H3/b12-9+,13-8+,14-10+;;;;. The normalized spacial score (nSPS) is 10.9. The van der Waals surface area contributed by atoms with Crippen molar-refractivity contribution >= 4 is 13.0 Å². The Bertz CT molecular complexity index is 579. The quantitative estimate of drug-likeness (QED) is 0.136. The van der Waals surface area contributed by atoms with Gasteiger partial charge in [-0.2, -0.15) is 13.2 Å². The number of rotatable bonds is 7. The fourth-order valence-corrected chi connectivity index (χ4v) is 1.48. The topological polar surface area (TPSA) is 69.6 Å². The lowest BCUT2D eigenvalue weighted by Crippen LogP contribution is -2.25. The Kier molecular flexibility index (Phi) is 33.3. The van der Waals surface area contributed by atoms with E-state index in [0.717, 1.165) is 0 Å². The number of hydrogen-bond donors (Lipinski definition) is 3. The van der Waals surface area contributed by atoms with Gasteiger partial charge >= 0.3 is 13.3 Å². The van der Waals surface area contributed by atoms with E-state index < -0.39 is 13.3 Å². The van der Waals surface area contributed by atoms with Crippen molar-refractivity contribution in [3.8, 4) is 0 Å². The molecule has 0 aliphatic carbocycles. The molecule has 0 fully saturated rings. The van der Waals surface area contributed by atoms with E-state index in [9.17, 15) is 32.4 Å². The molecular formula is C23H40BF4NO3. The molecule has 4 nitrogen and oxygen atoms in total. The van der Waals surface area contributed by atoms with Gasteiger partial charge in [-0.25, -0.2) is 0 Å². The molecule has 0 heterocycles. The van der Waals surface area contributed by atoms with Crippen LogP contribution in [0.3, 0.4) is 0 Å². The lowest BCUT2D eigenvalue weighted by Gasteiger charge is -2.13. The Morgan fingerprint density at radius 3 is 1.66 bits per heavy atom. The van der Waals surface area contributed by atoms with Crippen LogP contribution in [0.2, 0.25) is 0 Å². The summed E-state index contributed by atoms with van der Waals surface area (Å²) >= 11 is 0. The number of carbonyl (C=O) groups excluding carboxylic acids is 1. The van der Waals surface area contributed by atoms with E-state index in [1.807, 2.05) is 34.6 Å². The monoisotopic (exact) mass is 465 g/mol. The Labute approximate surface area is 192 Å². The first kappa shape index (κ1) is 40.0. The zero-order valence-electron chi connectivity index (χ0n) is 20.6. The van der Waals surface area contributed by atoms with Gasteiger partial charge in [-0.1, -0.05) is 71.2 Å². The van der Waals surface area contributed by atoms with Crippen LogP contribution in [0, 0.1) is 5.92 Å². The van der Waals surface area contributed by atoms with Crippen LogP contribution in [-0.4, -0.2) is 36.4 Å². The first-order valence-corrected chi connectivity index (χ1v) is 9.80. The largest absolute Gasteiger partial charge is 0.484 e. The van der Waals surface area contributed by atoms with E-state index in [4.69, 9.17) is 0 Å². The van der Waals surface area contributed by atoms with E-state index in [1.54, 1.807) is 31.2 Å². The van der Waals surface area contributed by atoms with Gasteiger partial charge in [0.15, 0.2) is 0 Å². The van der Waals surface area contributed by atoms with Crippen LogP contribution < -0.4 is 5.32 Å². The second kappa shape index (κ2) is 26.6. The van der Waals surface area contributed by atoms with Crippen LogP contribution in [0.5, 0.6) is 0 Å². The highest BCUT2D eigenvalue weighted by molar-refractivity contribution is 6.50. The highest BCUT2D eigenvalue weighted by Gasteiger charge is 2.19. The molecule has 0 aromatic rings. The number of nitrogens with one attached hydrogen (secondary N) is 1. The Balaban J connectivity index is -0.000000168. The summed E-state index contributed by atoms with van der Waals surface area (Å²) in [6.07, 6.45) is 5.46. The molecule has 186 valence electrons. The molecule has 0 aliphatic rings. The minimum atomic E-state index is -4.00. The highest BCUT2D eigenvalue weighted by Crippen LogP contribution is 2.13. The summed E-state index contributed by atoms with van der Waals surface area (Å²) in [4.78, 5) is 12.0. The minimum absolute atomic E-state index is 0.0514. The van der Waals surface area contributed by atoms with Crippen molar-refractivity contribution < 1.29 is 32.4 Å². The summed E-state index contributed by atoms with van der Waals surface area (Å²) in [5.74, 6) is -0.385. The van der Waals surface area contributed by atoms with Crippen molar-refractivity contribution in [2.24, 2.45) is 5.92 Å². The molecule has 0 saturated heterocycles. The van der Waals surface area contributed by atoms with Crippen LogP contribution >= 0.6 is 0 Å². The van der Waals surface area contributed by atoms with Gasteiger partial charge in [0.2, 0.25) is 0 Å². The van der Waals surface area contributed by atoms with Gasteiger partial charge in [0.05, 0.1) is 7.18 Å². The first-order chi connectivity index (χ1) is 14.8. The van der Waals surface area contributed by atoms with Crippen molar-refractivity contribution in [3.05, 3.63) is 72.9 Å². The van der Waals surface area contributed by atoms with E-state index in [-0.39, 0.29) is 18.7 Å². The second-order valence-corrected chi connectivity index (χ2v) is 5.62. The summed E-state index contributed by atoms with van der Waals surface area (Å²) in [5.41, 5.74) is 1.29. The highest BCUT2D eigenvalue weighted by atomic mass is 19.4. The molecule has 0 saturated carbocycles. The molecule has 1 amide bonds. The predicted octanol–water partition coefficient (Wildman–Crippen LogP) is 6.27. The van der Waals surface area contributed by atoms with Crippen LogP contribution in [0.15, 0.2) is 72.9 Å². The number of halogens is 4. The average molecular weight is 465 g/mol. The minimum Gasteiger partial charge on any atom is -0.423 e. The van der Waals surface area contributed by atoms with Gasteiger partial charge in [0, 0.05) is 18.2 Å². The molecule has 0 bridgehead atoms. The maximum Gasteiger partial charge on any atom is 0.484 e. The maximum absolute atomic E-state index is 12.0. The lowest BCUT2D eigenvalue weighted by molar-refractivity contribution is -0.116. The Morgan fingerprint density at radius 2 is 1.44 bits per heavy atom. The molecule has 0 aromatic carbocycles. The van der Waals surface area contributed by atoms with Crippen molar-refractivity contribution in [2.75, 3.05) is 7.18 Å². The zero-order chi connectivity index (χ0) is 26.9. The van der Waals surface area contributed by atoms with Gasteiger partial charge in [0.1, 0.15) is 0 Å². The molecule has 32 heavy (non-hydrogen) atoms. The van der Waals surface area contributed by atoms with Crippen molar-refractivity contribution in [1.82, 2.24) is 5.32 Å². The third kappa shape index (κ3) is 32.3. The number of allylic oxidation sites excluding steroid dienone is 6. The molecule has 0 unspecified atom stereocenters. The van der Waals surface area contributed by atoms with E-state index >= 15 is 0 Å². The molecule has 0 aromatic heterocycles. The van der Waals surface area contributed by atoms with Crippen molar-refractivity contribution in [1.29, 1.82) is 0 Å². The number of amides is 1. The van der Waals surface area contributed by atoms with E-state index in [2.05, 4.69) is 25.1 Å². The van der Waals surface area contributed by atoms with Crippen LogP contribution in [0.1, 0.15) is 48.5 Å². The second-order valence-electron chi connectivity index (χ2n) is 5.62. The fraction of sp³-hybridized carbons (Fsp3) is 0.435. The summed E-state index contributed by atoms with van der Waals surface area (Å²) in [6.45, 7) is 22.0. The molecule has 9 heteroatoms. The van der Waals surface area contributed by atoms with Crippen LogP contribution in [0.4, 0.5) is 17.6 Å². The Morgan fingerprint density at radius 1 is 1.06 bits per heavy atom. The predicted molar refractivity (Wildman–Crippen MR) is 129 cm³/mol. The van der Waals surface area contributed by atoms with E-state index in [0.29, 0.717) is 23.9 Å². The van der Waals surface area contributed by atoms with Crippen LogP contribution in [-0.2, 0) is 4.79 Å². The van der Waals surface area contributed by atoms with Crippen LogP contribution in [0.25, 0.3) is 0 Å². The molecule has 0 aliphatic heterocycles. The molecule has 0 atom stereocenters. The van der Waals surface area contributed by atoms with Gasteiger partial charge in [-0.05, 0) is 31.3 Å². The van der Waals surface area contributed by atoms with Crippen molar-refractivity contribution in [3.63, 3.8) is 0 Å². The lowest BCUT2D eigenvalue weighted by atomic mass is 9.72. The summed E-state index contributed by atoms with van der Waals surface area (Å²) in [6, 6.07) is 0. The smallest absolute Gasteiger partial charge is 0.423 e. The summed E-state index contributed by atoms with van der Waals surface area (Å²) in [7, 11) is -1.05. The third-order valence-corrected chi connectivity index (χ3v) is 2.64. The average Bonchev–Trinajstić information content (AvgIpc) is 2.70. The van der Waals surface area contributed by atoms with Crippen molar-refractivity contribution in [2.45, 2.75) is 54.6 Å². The van der Waals surface area contributed by atoms with Gasteiger partial charge in [-0.15, -0.1) is 6.58 Å².